The van der Waals surface area contributed by atoms with E-state index in [1.165, 1.54) is 5.57 Å². The zero-order chi connectivity index (χ0) is 12.7. The number of hydrogen-bond acceptors (Lipinski definition) is 0. The third-order valence-electron chi connectivity index (χ3n) is 2.16. The van der Waals surface area contributed by atoms with Gasteiger partial charge in [-0.05, 0) is 43.8 Å². The van der Waals surface area contributed by atoms with Gasteiger partial charge in [-0.1, -0.05) is 31.5 Å². The molecule has 0 aromatic heterocycles. The normalized spacial score (nSPS) is 13.9. The van der Waals surface area contributed by atoms with Gasteiger partial charge in [-0.3, -0.25) is 0 Å². The van der Waals surface area contributed by atoms with Crippen molar-refractivity contribution in [2.75, 3.05) is 0 Å². The fourth-order valence-corrected chi connectivity index (χ4v) is 1.77. The molecule has 0 bridgehead atoms. The van der Waals surface area contributed by atoms with Crippen LogP contribution in [-0.4, -0.2) is 8.07 Å². The molecule has 0 amide bonds. The minimum atomic E-state index is -1.28. The van der Waals surface area contributed by atoms with Crippen LogP contribution in [0.2, 0.25) is 19.6 Å². The molecule has 0 atom stereocenters. The van der Waals surface area contributed by atoms with E-state index < -0.39 is 8.07 Å². The monoisotopic (exact) mass is 238 g/mol. The molecule has 0 unspecified atom stereocenters. The van der Waals surface area contributed by atoms with E-state index in [1.807, 2.05) is 6.92 Å². The zero-order valence-electron chi connectivity index (χ0n) is 11.1. The van der Waals surface area contributed by atoms with E-state index in [2.05, 4.69) is 66.9 Å². The van der Waals surface area contributed by atoms with E-state index in [0.717, 1.165) is 18.4 Å². The average Bonchev–Trinajstić information content (AvgIpc) is 2.26. The zero-order valence-corrected chi connectivity index (χ0v) is 12.1. The van der Waals surface area contributed by atoms with Gasteiger partial charge in [-0.2, -0.15) is 0 Å². The first-order chi connectivity index (χ1) is 8.01. The highest BCUT2D eigenvalue weighted by Crippen LogP contribution is 2.16. The maximum absolute atomic E-state index is 3.24. The van der Waals surface area contributed by atoms with Crippen molar-refractivity contribution in [2.45, 2.75) is 39.4 Å². The van der Waals surface area contributed by atoms with Gasteiger partial charge in [0.1, 0.15) is 8.07 Å². The summed E-state index contributed by atoms with van der Waals surface area (Å²) < 4.78 is 0. The highest BCUT2D eigenvalue weighted by Gasteiger charge is 2.06. The van der Waals surface area contributed by atoms with Gasteiger partial charge < -0.3 is 0 Å². The lowest BCUT2D eigenvalue weighted by atomic mass is 9.99. The van der Waals surface area contributed by atoms with Gasteiger partial charge >= 0.3 is 0 Å². The Hall–Kier alpha value is -1.62. The Balaban J connectivity index is 2.68. The summed E-state index contributed by atoms with van der Waals surface area (Å²) in [6.45, 7) is 8.53. The molecule has 17 heavy (non-hydrogen) atoms. The first-order valence-electron chi connectivity index (χ1n) is 5.87. The lowest BCUT2D eigenvalue weighted by Gasteiger charge is -2.04. The lowest BCUT2D eigenvalue weighted by molar-refractivity contribution is 0.967. The van der Waals surface area contributed by atoms with Gasteiger partial charge in [0.25, 0.3) is 0 Å². The van der Waals surface area contributed by atoms with Crippen molar-refractivity contribution in [3.63, 3.8) is 0 Å². The van der Waals surface area contributed by atoms with Crippen molar-refractivity contribution in [1.29, 1.82) is 0 Å². The SMILES string of the molecule is CC#CC1=CC=C(C#CC#C[Si](C)(C)C)CC1. The highest BCUT2D eigenvalue weighted by atomic mass is 28.3. The van der Waals surface area contributed by atoms with Crippen LogP contribution in [0.4, 0.5) is 0 Å². The maximum Gasteiger partial charge on any atom is 0.130 e. The predicted octanol–water partition coefficient (Wildman–Crippen LogP) is 3.54. The molecular weight excluding hydrogens is 220 g/mol. The molecule has 0 saturated heterocycles. The Morgan fingerprint density at radius 3 is 2.00 bits per heavy atom. The average molecular weight is 238 g/mol. The standard InChI is InChI=1S/C16H18Si/c1-5-8-15-10-12-16(13-11-15)9-6-7-14-17(2,3)4/h10,12H,11,13H2,1-4H3. The molecule has 0 saturated carbocycles. The smallest absolute Gasteiger partial charge is 0.118 e. The maximum atomic E-state index is 3.24. The molecular formula is C16H18Si. The van der Waals surface area contributed by atoms with Gasteiger partial charge in [0, 0.05) is 11.1 Å². The summed E-state index contributed by atoms with van der Waals surface area (Å²) in [6.07, 6.45) is 6.12. The van der Waals surface area contributed by atoms with Crippen molar-refractivity contribution in [2.24, 2.45) is 0 Å². The summed E-state index contributed by atoms with van der Waals surface area (Å²) in [5.41, 5.74) is 5.60. The number of hydrogen-bond donors (Lipinski definition) is 0. The van der Waals surface area contributed by atoms with Gasteiger partial charge in [0.05, 0.1) is 0 Å². The van der Waals surface area contributed by atoms with E-state index in [4.69, 9.17) is 0 Å². The van der Waals surface area contributed by atoms with Crippen molar-refractivity contribution < 1.29 is 0 Å². The van der Waals surface area contributed by atoms with Crippen LogP contribution < -0.4 is 0 Å². The van der Waals surface area contributed by atoms with E-state index >= 15 is 0 Å². The first-order valence-corrected chi connectivity index (χ1v) is 9.37. The number of rotatable bonds is 0. The van der Waals surface area contributed by atoms with Crippen LogP contribution in [0.3, 0.4) is 0 Å². The Labute approximate surface area is 106 Å². The molecule has 0 N–H and O–H groups in total. The third-order valence-corrected chi connectivity index (χ3v) is 3.03. The van der Waals surface area contributed by atoms with Crippen LogP contribution >= 0.6 is 0 Å². The van der Waals surface area contributed by atoms with Crippen LogP contribution in [0.1, 0.15) is 19.8 Å². The molecule has 0 aromatic carbocycles. The Bertz CT molecular complexity index is 520. The third kappa shape index (κ3) is 5.87. The molecule has 1 heteroatoms. The molecule has 0 nitrogen and oxygen atoms in total. The molecule has 1 rings (SSSR count). The molecule has 0 radical (unpaired) electrons. The fraction of sp³-hybridized carbons (Fsp3) is 0.375. The van der Waals surface area contributed by atoms with Crippen molar-refractivity contribution in [1.82, 2.24) is 0 Å². The fourth-order valence-electron chi connectivity index (χ4n) is 1.34. The molecule has 0 aromatic rings. The van der Waals surface area contributed by atoms with E-state index in [0.29, 0.717) is 0 Å². The van der Waals surface area contributed by atoms with Gasteiger partial charge in [-0.25, -0.2) is 0 Å². The Morgan fingerprint density at radius 1 is 0.941 bits per heavy atom. The van der Waals surface area contributed by atoms with Crippen molar-refractivity contribution >= 4 is 8.07 Å². The summed E-state index contributed by atoms with van der Waals surface area (Å²) in [6, 6.07) is 0. The highest BCUT2D eigenvalue weighted by molar-refractivity contribution is 6.83. The molecule has 0 heterocycles. The van der Waals surface area contributed by atoms with Crippen LogP contribution in [-0.2, 0) is 0 Å². The van der Waals surface area contributed by atoms with Gasteiger partial charge in [-0.15, -0.1) is 11.5 Å². The lowest BCUT2D eigenvalue weighted by Crippen LogP contribution is -2.16. The van der Waals surface area contributed by atoms with Crippen molar-refractivity contribution in [3.8, 4) is 35.1 Å². The van der Waals surface area contributed by atoms with Gasteiger partial charge in [0.2, 0.25) is 0 Å². The molecule has 1 aliphatic carbocycles. The van der Waals surface area contributed by atoms with Gasteiger partial charge in [0.15, 0.2) is 0 Å². The van der Waals surface area contributed by atoms with E-state index in [-0.39, 0.29) is 0 Å². The Kier molecular flexibility index (Phi) is 4.90. The molecule has 86 valence electrons. The second-order valence-electron chi connectivity index (χ2n) is 5.01. The molecule has 0 aliphatic heterocycles. The second-order valence-corrected chi connectivity index (χ2v) is 9.76. The predicted molar refractivity (Wildman–Crippen MR) is 77.7 cm³/mol. The van der Waals surface area contributed by atoms with Crippen LogP contribution in [0.5, 0.6) is 0 Å². The first kappa shape index (κ1) is 13.4. The molecule has 0 spiro atoms. The minimum Gasteiger partial charge on any atom is -0.118 e. The van der Waals surface area contributed by atoms with Crippen LogP contribution in [0, 0.1) is 35.1 Å². The van der Waals surface area contributed by atoms with Crippen LogP contribution in [0.25, 0.3) is 0 Å². The van der Waals surface area contributed by atoms with E-state index in [9.17, 15) is 0 Å². The van der Waals surface area contributed by atoms with E-state index in [1.54, 1.807) is 0 Å². The largest absolute Gasteiger partial charge is 0.130 e. The second kappa shape index (κ2) is 6.20. The number of allylic oxidation sites excluding steroid dienone is 4. The minimum absolute atomic E-state index is 0.988. The van der Waals surface area contributed by atoms with Crippen LogP contribution in [0.15, 0.2) is 23.3 Å². The summed E-state index contributed by atoms with van der Waals surface area (Å²) in [4.78, 5) is 0. The summed E-state index contributed by atoms with van der Waals surface area (Å²) in [5, 5.41) is 0. The molecule has 1 aliphatic rings. The summed E-state index contributed by atoms with van der Waals surface area (Å²) >= 11 is 0. The Morgan fingerprint density at radius 2 is 1.53 bits per heavy atom. The summed E-state index contributed by atoms with van der Waals surface area (Å²) in [5.74, 6) is 15.1. The van der Waals surface area contributed by atoms with Crippen molar-refractivity contribution in [3.05, 3.63) is 23.3 Å². The quantitative estimate of drug-likeness (QED) is 0.447. The molecule has 0 fully saturated rings. The topological polar surface area (TPSA) is 0 Å². The summed E-state index contributed by atoms with van der Waals surface area (Å²) in [7, 11) is -1.28.